The van der Waals surface area contributed by atoms with Crippen LogP contribution in [0.3, 0.4) is 0 Å². The number of thiazole rings is 1. The molecular weight excluding hydrogens is 348 g/mol. The highest BCUT2D eigenvalue weighted by Gasteiger charge is 2.41. The maximum Gasteiger partial charge on any atom is 0.266 e. The molecule has 1 unspecified atom stereocenters. The molecule has 2 aromatic heterocycles. The van der Waals surface area contributed by atoms with E-state index in [1.54, 1.807) is 17.5 Å². The minimum Gasteiger partial charge on any atom is -0.328 e. The number of amides is 1. The van der Waals surface area contributed by atoms with Gasteiger partial charge < -0.3 is 4.90 Å². The molecular formula is C20H18N2OS2. The number of hydrogen-bond donors (Lipinski definition) is 0. The second-order valence-electron chi connectivity index (χ2n) is 6.70. The molecule has 5 rings (SSSR count). The average Bonchev–Trinajstić information content (AvgIpc) is 3.09. The molecule has 1 amide bonds. The van der Waals surface area contributed by atoms with Crippen LogP contribution in [-0.2, 0) is 6.42 Å². The van der Waals surface area contributed by atoms with Crippen LogP contribution in [0, 0.1) is 0 Å². The highest BCUT2D eigenvalue weighted by molar-refractivity contribution is 7.21. The van der Waals surface area contributed by atoms with Gasteiger partial charge in [-0.1, -0.05) is 30.3 Å². The fourth-order valence-electron chi connectivity index (χ4n) is 3.75. The molecule has 0 bridgehead atoms. The van der Waals surface area contributed by atoms with Crippen LogP contribution in [0.15, 0.2) is 48.0 Å². The van der Waals surface area contributed by atoms with Gasteiger partial charge in [-0.3, -0.25) is 4.79 Å². The van der Waals surface area contributed by atoms with Gasteiger partial charge >= 0.3 is 0 Å². The minimum atomic E-state index is 0.157. The molecule has 1 atom stereocenters. The van der Waals surface area contributed by atoms with Gasteiger partial charge in [0.25, 0.3) is 5.91 Å². The van der Waals surface area contributed by atoms with Gasteiger partial charge in [-0.05, 0) is 48.3 Å². The number of aryl methyl sites for hydroxylation is 1. The van der Waals surface area contributed by atoms with E-state index in [0.717, 1.165) is 40.4 Å². The maximum absolute atomic E-state index is 13.3. The number of benzene rings is 1. The highest BCUT2D eigenvalue weighted by atomic mass is 32.1. The van der Waals surface area contributed by atoms with E-state index in [4.69, 9.17) is 0 Å². The van der Waals surface area contributed by atoms with E-state index in [1.165, 1.54) is 22.5 Å². The predicted molar refractivity (Wildman–Crippen MR) is 102 cm³/mol. The fourth-order valence-corrected chi connectivity index (χ4v) is 5.42. The highest BCUT2D eigenvalue weighted by Crippen LogP contribution is 2.43. The van der Waals surface area contributed by atoms with Gasteiger partial charge in [0.2, 0.25) is 0 Å². The van der Waals surface area contributed by atoms with Crippen LogP contribution in [0.25, 0.3) is 9.88 Å². The Labute approximate surface area is 155 Å². The zero-order chi connectivity index (χ0) is 16.8. The van der Waals surface area contributed by atoms with Crippen molar-refractivity contribution >= 4 is 28.6 Å². The molecule has 3 nitrogen and oxygen atoms in total. The summed E-state index contributed by atoms with van der Waals surface area (Å²) in [6.07, 6.45) is 6.12. The van der Waals surface area contributed by atoms with Crippen molar-refractivity contribution in [2.24, 2.45) is 0 Å². The lowest BCUT2D eigenvalue weighted by molar-refractivity contribution is 0.0663. The second-order valence-corrected chi connectivity index (χ2v) is 8.68. The summed E-state index contributed by atoms with van der Waals surface area (Å²) in [5.74, 6) is 0.157. The molecule has 3 aromatic rings. The number of carbonyl (C=O) groups excluding carboxylic acids is 1. The van der Waals surface area contributed by atoms with Crippen LogP contribution in [0.5, 0.6) is 0 Å². The van der Waals surface area contributed by atoms with E-state index in [0.29, 0.717) is 6.04 Å². The van der Waals surface area contributed by atoms with Crippen LogP contribution in [-0.4, -0.2) is 21.8 Å². The van der Waals surface area contributed by atoms with Gasteiger partial charge in [0.05, 0.1) is 17.1 Å². The summed E-state index contributed by atoms with van der Waals surface area (Å²) in [5.41, 5.74) is 2.74. The predicted octanol–water partition coefficient (Wildman–Crippen LogP) is 5.16. The number of nitrogens with zero attached hydrogens (tertiary/aromatic N) is 2. The van der Waals surface area contributed by atoms with Crippen molar-refractivity contribution in [2.75, 3.05) is 0 Å². The molecule has 25 heavy (non-hydrogen) atoms. The van der Waals surface area contributed by atoms with Crippen molar-refractivity contribution in [2.45, 2.75) is 37.8 Å². The summed E-state index contributed by atoms with van der Waals surface area (Å²) in [6, 6.07) is 13.3. The molecule has 0 saturated heterocycles. The molecule has 2 heterocycles. The van der Waals surface area contributed by atoms with E-state index in [1.807, 2.05) is 11.4 Å². The van der Waals surface area contributed by atoms with Crippen LogP contribution in [0.4, 0.5) is 0 Å². The van der Waals surface area contributed by atoms with Gasteiger partial charge in [-0.25, -0.2) is 4.98 Å². The molecule has 0 radical (unpaired) electrons. The third kappa shape index (κ3) is 2.71. The Hall–Kier alpha value is -1.98. The molecule has 1 fully saturated rings. The SMILES string of the molecule is O=C(c1cnc(-c2cccs2)s1)N(C1CC1)C1CCc2ccccc21. The Balaban J connectivity index is 1.47. The second kappa shape index (κ2) is 6.07. The summed E-state index contributed by atoms with van der Waals surface area (Å²) < 4.78 is 0. The van der Waals surface area contributed by atoms with Gasteiger partial charge in [0, 0.05) is 6.04 Å². The van der Waals surface area contributed by atoms with E-state index in [9.17, 15) is 4.79 Å². The molecule has 2 aliphatic carbocycles. The lowest BCUT2D eigenvalue weighted by Gasteiger charge is -2.29. The van der Waals surface area contributed by atoms with Crippen molar-refractivity contribution in [3.05, 3.63) is 64.0 Å². The molecule has 1 saturated carbocycles. The average molecular weight is 367 g/mol. The van der Waals surface area contributed by atoms with Gasteiger partial charge in [-0.2, -0.15) is 0 Å². The topological polar surface area (TPSA) is 33.2 Å². The smallest absolute Gasteiger partial charge is 0.266 e. The summed E-state index contributed by atoms with van der Waals surface area (Å²) >= 11 is 3.19. The molecule has 0 aliphatic heterocycles. The zero-order valence-electron chi connectivity index (χ0n) is 13.7. The van der Waals surface area contributed by atoms with Gasteiger partial charge in [-0.15, -0.1) is 22.7 Å². The first kappa shape index (κ1) is 15.3. The van der Waals surface area contributed by atoms with Crippen molar-refractivity contribution in [1.29, 1.82) is 0 Å². The van der Waals surface area contributed by atoms with E-state index >= 15 is 0 Å². The maximum atomic E-state index is 13.3. The number of hydrogen-bond acceptors (Lipinski definition) is 4. The fraction of sp³-hybridized carbons (Fsp3) is 0.300. The first-order valence-electron chi connectivity index (χ1n) is 8.71. The van der Waals surface area contributed by atoms with E-state index in [-0.39, 0.29) is 11.9 Å². The van der Waals surface area contributed by atoms with E-state index < -0.39 is 0 Å². The first-order valence-corrected chi connectivity index (χ1v) is 10.4. The van der Waals surface area contributed by atoms with Crippen LogP contribution in [0.1, 0.15) is 46.1 Å². The third-order valence-corrected chi connectivity index (χ3v) is 7.08. The van der Waals surface area contributed by atoms with Gasteiger partial charge in [0.1, 0.15) is 9.88 Å². The zero-order valence-corrected chi connectivity index (χ0v) is 15.4. The summed E-state index contributed by atoms with van der Waals surface area (Å²) in [6.45, 7) is 0. The quantitative estimate of drug-likeness (QED) is 0.639. The lowest BCUT2D eigenvalue weighted by Crippen LogP contribution is -2.35. The van der Waals surface area contributed by atoms with Crippen LogP contribution >= 0.6 is 22.7 Å². The Morgan fingerprint density at radius 1 is 1.12 bits per heavy atom. The molecule has 1 aromatic carbocycles. The van der Waals surface area contributed by atoms with Gasteiger partial charge in [0.15, 0.2) is 0 Å². The van der Waals surface area contributed by atoms with E-state index in [2.05, 4.69) is 40.2 Å². The molecule has 0 N–H and O–H groups in total. The monoisotopic (exact) mass is 366 g/mol. The summed E-state index contributed by atoms with van der Waals surface area (Å²) in [4.78, 5) is 21.8. The Morgan fingerprint density at radius 2 is 2.00 bits per heavy atom. The first-order chi connectivity index (χ1) is 12.3. The number of thiophene rings is 1. The van der Waals surface area contributed by atoms with Crippen LogP contribution < -0.4 is 0 Å². The lowest BCUT2D eigenvalue weighted by atomic mass is 10.1. The normalized spacial score (nSPS) is 19.0. The van der Waals surface area contributed by atoms with Crippen molar-refractivity contribution < 1.29 is 4.79 Å². The number of aromatic nitrogens is 1. The van der Waals surface area contributed by atoms with Crippen LogP contribution in [0.2, 0.25) is 0 Å². The van der Waals surface area contributed by atoms with Crippen molar-refractivity contribution in [3.8, 4) is 9.88 Å². The summed E-state index contributed by atoms with van der Waals surface area (Å²) in [7, 11) is 0. The Bertz CT molecular complexity index is 911. The van der Waals surface area contributed by atoms with Crippen molar-refractivity contribution in [1.82, 2.24) is 9.88 Å². The molecule has 2 aliphatic rings. The number of rotatable bonds is 4. The molecule has 0 spiro atoms. The van der Waals surface area contributed by atoms with Crippen molar-refractivity contribution in [3.63, 3.8) is 0 Å². The molecule has 5 heteroatoms. The largest absolute Gasteiger partial charge is 0.328 e. The number of carbonyl (C=O) groups is 1. The Kier molecular flexibility index (Phi) is 3.71. The Morgan fingerprint density at radius 3 is 2.80 bits per heavy atom. The minimum absolute atomic E-state index is 0.157. The molecule has 126 valence electrons. The summed E-state index contributed by atoms with van der Waals surface area (Å²) in [5, 5.41) is 2.99. The standard InChI is InChI=1S/C20H18N2OS2/c23-20(18-12-21-19(25-18)17-6-3-11-24-17)22(14-8-9-14)16-10-7-13-4-1-2-5-15(13)16/h1-6,11-12,14,16H,7-10H2. The number of fused-ring (bicyclic) bond motifs is 1. The third-order valence-electron chi connectivity index (χ3n) is 5.06.